The second-order valence-electron chi connectivity index (χ2n) is 5.18. The Kier molecular flexibility index (Phi) is 7.68. The van der Waals surface area contributed by atoms with Crippen LogP contribution in [-0.2, 0) is 9.59 Å². The van der Waals surface area contributed by atoms with Crippen LogP contribution in [0.4, 0.5) is 5.69 Å². The molecule has 8 heteroatoms. The number of carbonyl (C=O) groups is 2. The molecule has 6 nitrogen and oxygen atoms in total. The van der Waals surface area contributed by atoms with Crippen molar-refractivity contribution in [3.05, 3.63) is 58.1 Å². The Balaban J connectivity index is 1.87. The summed E-state index contributed by atoms with van der Waals surface area (Å²) in [6.07, 6.45) is 6.16. The van der Waals surface area contributed by atoms with Crippen molar-refractivity contribution in [2.45, 2.75) is 6.42 Å². The van der Waals surface area contributed by atoms with Gasteiger partial charge in [-0.2, -0.15) is 5.10 Å². The first-order chi connectivity index (χ1) is 13.0. The number of hydrogen-bond acceptors (Lipinski definition) is 4. The number of carbonyl (C=O) groups excluding carboxylic acids is 2. The van der Waals surface area contributed by atoms with Gasteiger partial charge in [0.1, 0.15) is 18.8 Å². The summed E-state index contributed by atoms with van der Waals surface area (Å²) in [6.45, 7) is 0.117. The maximum absolute atomic E-state index is 11.9. The zero-order valence-electron chi connectivity index (χ0n) is 14.0. The summed E-state index contributed by atoms with van der Waals surface area (Å²) in [5.74, 6) is 1.81. The molecule has 0 saturated heterocycles. The SMILES string of the molecule is C#CCOc1ccccc1C=NNC(=O)CC(=O)Nc1ccc(Cl)c(Cl)c1. The summed E-state index contributed by atoms with van der Waals surface area (Å²) in [5.41, 5.74) is 3.35. The highest BCUT2D eigenvalue weighted by Crippen LogP contribution is 2.25. The van der Waals surface area contributed by atoms with Crippen molar-refractivity contribution in [1.29, 1.82) is 0 Å². The van der Waals surface area contributed by atoms with E-state index in [9.17, 15) is 9.59 Å². The van der Waals surface area contributed by atoms with Crippen LogP contribution in [-0.4, -0.2) is 24.6 Å². The molecule has 0 fully saturated rings. The largest absolute Gasteiger partial charge is 0.480 e. The molecule has 0 unspecified atom stereocenters. The van der Waals surface area contributed by atoms with Gasteiger partial charge >= 0.3 is 0 Å². The molecule has 0 saturated carbocycles. The van der Waals surface area contributed by atoms with E-state index in [0.717, 1.165) is 0 Å². The van der Waals surface area contributed by atoms with E-state index in [0.29, 0.717) is 27.0 Å². The second kappa shape index (κ2) is 10.2. The summed E-state index contributed by atoms with van der Waals surface area (Å²) in [5, 5.41) is 7.04. The average molecular weight is 404 g/mol. The summed E-state index contributed by atoms with van der Waals surface area (Å²) in [7, 11) is 0. The van der Waals surface area contributed by atoms with Crippen molar-refractivity contribution in [3.63, 3.8) is 0 Å². The van der Waals surface area contributed by atoms with Gasteiger partial charge in [-0.1, -0.05) is 41.3 Å². The number of hydrogen-bond donors (Lipinski definition) is 2. The normalized spacial score (nSPS) is 10.3. The van der Waals surface area contributed by atoms with Gasteiger partial charge in [0.25, 0.3) is 0 Å². The van der Waals surface area contributed by atoms with E-state index in [-0.39, 0.29) is 6.61 Å². The number of nitrogens with one attached hydrogen (secondary N) is 2. The highest BCUT2D eigenvalue weighted by atomic mass is 35.5. The Morgan fingerprint density at radius 1 is 1.15 bits per heavy atom. The van der Waals surface area contributed by atoms with Crippen molar-refractivity contribution in [3.8, 4) is 18.1 Å². The van der Waals surface area contributed by atoms with Gasteiger partial charge in [-0.05, 0) is 30.3 Å². The van der Waals surface area contributed by atoms with E-state index < -0.39 is 18.2 Å². The topological polar surface area (TPSA) is 79.8 Å². The maximum Gasteiger partial charge on any atom is 0.249 e. The number of ether oxygens (including phenoxy) is 1. The highest BCUT2D eigenvalue weighted by molar-refractivity contribution is 6.42. The first-order valence-corrected chi connectivity index (χ1v) is 8.47. The van der Waals surface area contributed by atoms with Crippen LogP contribution in [0.25, 0.3) is 0 Å². The Bertz CT molecular complexity index is 907. The van der Waals surface area contributed by atoms with Gasteiger partial charge in [0.2, 0.25) is 11.8 Å². The standard InChI is InChI=1S/C19H15Cl2N3O3/c1-2-9-27-17-6-4-3-5-13(17)12-22-24-19(26)11-18(25)23-14-7-8-15(20)16(21)10-14/h1,3-8,10,12H,9,11H2,(H,23,25)(H,24,26). The summed E-state index contributed by atoms with van der Waals surface area (Å²) < 4.78 is 5.37. The zero-order valence-corrected chi connectivity index (χ0v) is 15.6. The highest BCUT2D eigenvalue weighted by Gasteiger charge is 2.10. The molecule has 2 amide bonds. The number of para-hydroxylation sites is 1. The third-order valence-corrected chi connectivity index (χ3v) is 3.89. The fourth-order valence-corrected chi connectivity index (χ4v) is 2.27. The molecule has 0 radical (unpaired) electrons. The van der Waals surface area contributed by atoms with E-state index in [1.54, 1.807) is 36.4 Å². The third-order valence-electron chi connectivity index (χ3n) is 3.15. The molecule has 2 aromatic rings. The molecule has 2 N–H and O–H groups in total. The number of nitrogens with zero attached hydrogens (tertiary/aromatic N) is 1. The number of terminal acetylenes is 1. The van der Waals surface area contributed by atoms with Gasteiger partial charge in [-0.25, -0.2) is 5.43 Å². The number of anilines is 1. The van der Waals surface area contributed by atoms with Crippen LogP contribution >= 0.6 is 23.2 Å². The predicted molar refractivity (Wildman–Crippen MR) is 106 cm³/mol. The first kappa shape index (κ1) is 20.3. The number of benzene rings is 2. The number of rotatable bonds is 7. The summed E-state index contributed by atoms with van der Waals surface area (Å²) in [6, 6.07) is 11.7. The second-order valence-corrected chi connectivity index (χ2v) is 5.99. The lowest BCUT2D eigenvalue weighted by atomic mass is 10.2. The third kappa shape index (κ3) is 6.66. The van der Waals surface area contributed by atoms with E-state index in [1.807, 2.05) is 0 Å². The van der Waals surface area contributed by atoms with Gasteiger partial charge in [0.05, 0.1) is 16.3 Å². The van der Waals surface area contributed by atoms with Crippen LogP contribution in [0, 0.1) is 12.3 Å². The van der Waals surface area contributed by atoms with Crippen molar-refractivity contribution >= 4 is 46.9 Å². The zero-order chi connectivity index (χ0) is 19.6. The molecule has 0 heterocycles. The number of amides is 2. The summed E-state index contributed by atoms with van der Waals surface area (Å²) in [4.78, 5) is 23.7. The van der Waals surface area contributed by atoms with Crippen molar-refractivity contribution in [2.24, 2.45) is 5.10 Å². The van der Waals surface area contributed by atoms with E-state index in [1.165, 1.54) is 12.3 Å². The van der Waals surface area contributed by atoms with Gasteiger partial charge in [0.15, 0.2) is 0 Å². The lowest BCUT2D eigenvalue weighted by Gasteiger charge is -2.06. The number of hydrazone groups is 1. The molecule has 0 aromatic heterocycles. The smallest absolute Gasteiger partial charge is 0.249 e. The Hall–Kier alpha value is -3.01. The molecule has 0 aliphatic heterocycles. The fraction of sp³-hybridized carbons (Fsp3) is 0.105. The van der Waals surface area contributed by atoms with E-state index in [2.05, 4.69) is 21.8 Å². The molecular weight excluding hydrogens is 389 g/mol. The van der Waals surface area contributed by atoms with Crippen LogP contribution in [0.5, 0.6) is 5.75 Å². The predicted octanol–water partition coefficient (Wildman–Crippen LogP) is 3.48. The minimum atomic E-state index is -0.578. The van der Waals surface area contributed by atoms with Gasteiger partial charge < -0.3 is 10.1 Å². The van der Waals surface area contributed by atoms with Crippen LogP contribution in [0.3, 0.4) is 0 Å². The Morgan fingerprint density at radius 2 is 1.93 bits per heavy atom. The van der Waals surface area contributed by atoms with Gasteiger partial charge in [0, 0.05) is 11.3 Å². The molecule has 2 aromatic carbocycles. The van der Waals surface area contributed by atoms with Crippen molar-refractivity contribution < 1.29 is 14.3 Å². The minimum absolute atomic E-state index is 0.117. The average Bonchev–Trinajstić information content (AvgIpc) is 2.64. The minimum Gasteiger partial charge on any atom is -0.480 e. The molecule has 0 spiro atoms. The lowest BCUT2D eigenvalue weighted by molar-refractivity contribution is -0.126. The quantitative estimate of drug-likeness (QED) is 0.321. The van der Waals surface area contributed by atoms with Crippen molar-refractivity contribution in [1.82, 2.24) is 5.43 Å². The fourth-order valence-electron chi connectivity index (χ4n) is 1.98. The monoisotopic (exact) mass is 403 g/mol. The molecule has 0 atom stereocenters. The van der Waals surface area contributed by atoms with Crippen LogP contribution < -0.4 is 15.5 Å². The van der Waals surface area contributed by atoms with E-state index >= 15 is 0 Å². The first-order valence-electron chi connectivity index (χ1n) is 7.71. The molecule has 0 aliphatic carbocycles. The van der Waals surface area contributed by atoms with Gasteiger partial charge in [-0.15, -0.1) is 6.42 Å². The number of halogens is 2. The van der Waals surface area contributed by atoms with Crippen LogP contribution in [0.2, 0.25) is 10.0 Å². The molecule has 0 aliphatic rings. The van der Waals surface area contributed by atoms with Gasteiger partial charge in [-0.3, -0.25) is 9.59 Å². The Labute approximate surface area is 166 Å². The molecule has 2 rings (SSSR count). The lowest BCUT2D eigenvalue weighted by Crippen LogP contribution is -2.24. The van der Waals surface area contributed by atoms with Crippen LogP contribution in [0.15, 0.2) is 47.6 Å². The van der Waals surface area contributed by atoms with E-state index in [4.69, 9.17) is 34.4 Å². The Morgan fingerprint density at radius 3 is 2.67 bits per heavy atom. The maximum atomic E-state index is 11.9. The molecule has 138 valence electrons. The molecular formula is C19H15Cl2N3O3. The van der Waals surface area contributed by atoms with Crippen molar-refractivity contribution in [2.75, 3.05) is 11.9 Å². The van der Waals surface area contributed by atoms with Crippen LogP contribution in [0.1, 0.15) is 12.0 Å². The summed E-state index contributed by atoms with van der Waals surface area (Å²) >= 11 is 11.7. The molecule has 27 heavy (non-hydrogen) atoms. The molecule has 0 bridgehead atoms.